The van der Waals surface area contributed by atoms with Crippen molar-refractivity contribution in [3.05, 3.63) is 71.0 Å². The van der Waals surface area contributed by atoms with Crippen molar-refractivity contribution in [2.75, 3.05) is 0 Å². The summed E-state index contributed by atoms with van der Waals surface area (Å²) in [6.45, 7) is 0. The summed E-state index contributed by atoms with van der Waals surface area (Å²) in [5, 5.41) is 0. The first kappa shape index (κ1) is 14.8. The standard InChI is InChI=1S/C19H20BrF/c20-19(17-7-4-8-18(21)13-17)16-11-9-15(10-12-16)14-5-2-1-3-6-14/h4,7-14,19H,1-3,5-6H2. The maximum Gasteiger partial charge on any atom is 0.123 e. The molecule has 0 aromatic heterocycles. The predicted octanol–water partition coefficient (Wildman–Crippen LogP) is 6.36. The zero-order valence-electron chi connectivity index (χ0n) is 12.1. The number of hydrogen-bond acceptors (Lipinski definition) is 0. The molecule has 0 N–H and O–H groups in total. The van der Waals surface area contributed by atoms with Gasteiger partial charge in [-0.15, -0.1) is 0 Å². The molecule has 0 nitrogen and oxygen atoms in total. The summed E-state index contributed by atoms with van der Waals surface area (Å²) in [6, 6.07) is 15.6. The number of alkyl halides is 1. The predicted molar refractivity (Wildman–Crippen MR) is 89.4 cm³/mol. The SMILES string of the molecule is Fc1cccc(C(Br)c2ccc(C3CCCCC3)cc2)c1. The van der Waals surface area contributed by atoms with Crippen molar-refractivity contribution in [3.8, 4) is 0 Å². The average Bonchev–Trinajstić information content (AvgIpc) is 2.55. The monoisotopic (exact) mass is 346 g/mol. The Morgan fingerprint density at radius 3 is 2.29 bits per heavy atom. The van der Waals surface area contributed by atoms with E-state index in [2.05, 4.69) is 40.2 Å². The first-order chi connectivity index (χ1) is 10.2. The lowest BCUT2D eigenvalue weighted by Crippen LogP contribution is -2.04. The van der Waals surface area contributed by atoms with Crippen molar-refractivity contribution in [3.63, 3.8) is 0 Å². The molecule has 1 saturated carbocycles. The number of hydrogen-bond donors (Lipinski definition) is 0. The van der Waals surface area contributed by atoms with Gasteiger partial charge >= 0.3 is 0 Å². The van der Waals surface area contributed by atoms with Crippen LogP contribution in [0.3, 0.4) is 0 Å². The van der Waals surface area contributed by atoms with Crippen LogP contribution in [0.5, 0.6) is 0 Å². The third-order valence-electron chi connectivity index (χ3n) is 4.45. The largest absolute Gasteiger partial charge is 0.207 e. The van der Waals surface area contributed by atoms with Gasteiger partial charge in [-0.2, -0.15) is 0 Å². The Hall–Kier alpha value is -1.15. The zero-order chi connectivity index (χ0) is 14.7. The molecule has 1 atom stereocenters. The van der Waals surface area contributed by atoms with E-state index in [-0.39, 0.29) is 10.6 Å². The fourth-order valence-corrected chi connectivity index (χ4v) is 3.82. The van der Waals surface area contributed by atoms with Gasteiger partial charge in [-0.1, -0.05) is 71.6 Å². The molecule has 0 heterocycles. The van der Waals surface area contributed by atoms with E-state index in [1.165, 1.54) is 49.3 Å². The molecule has 1 aliphatic carbocycles. The van der Waals surface area contributed by atoms with Crippen molar-refractivity contribution in [1.29, 1.82) is 0 Å². The van der Waals surface area contributed by atoms with Crippen LogP contribution in [-0.2, 0) is 0 Å². The van der Waals surface area contributed by atoms with Crippen molar-refractivity contribution < 1.29 is 4.39 Å². The fourth-order valence-electron chi connectivity index (χ4n) is 3.23. The molecular weight excluding hydrogens is 327 g/mol. The molecule has 0 spiro atoms. The Bertz CT molecular complexity index is 585. The minimum Gasteiger partial charge on any atom is -0.207 e. The highest BCUT2D eigenvalue weighted by Gasteiger charge is 2.16. The van der Waals surface area contributed by atoms with Gasteiger partial charge in [0.05, 0.1) is 4.83 Å². The van der Waals surface area contributed by atoms with Crippen molar-refractivity contribution >= 4 is 15.9 Å². The van der Waals surface area contributed by atoms with Gasteiger partial charge in [0, 0.05) is 0 Å². The summed E-state index contributed by atoms with van der Waals surface area (Å²) < 4.78 is 13.3. The second-order valence-corrected chi connectivity index (χ2v) is 6.83. The van der Waals surface area contributed by atoms with Crippen LogP contribution in [0.15, 0.2) is 48.5 Å². The van der Waals surface area contributed by atoms with Gasteiger partial charge in [-0.3, -0.25) is 0 Å². The highest BCUT2D eigenvalue weighted by molar-refractivity contribution is 9.09. The van der Waals surface area contributed by atoms with Crippen LogP contribution < -0.4 is 0 Å². The third kappa shape index (κ3) is 3.55. The molecule has 1 fully saturated rings. The first-order valence-corrected chi connectivity index (χ1v) is 8.65. The lowest BCUT2D eigenvalue weighted by molar-refractivity contribution is 0.443. The molecule has 0 bridgehead atoms. The Morgan fingerprint density at radius 1 is 0.905 bits per heavy atom. The number of benzene rings is 2. The number of rotatable bonds is 3. The van der Waals surface area contributed by atoms with Gasteiger partial charge in [0.15, 0.2) is 0 Å². The molecule has 0 aliphatic heterocycles. The zero-order valence-corrected chi connectivity index (χ0v) is 13.7. The van der Waals surface area contributed by atoms with Gasteiger partial charge in [0.1, 0.15) is 5.82 Å². The molecule has 21 heavy (non-hydrogen) atoms. The van der Waals surface area contributed by atoms with Crippen LogP contribution in [0.2, 0.25) is 0 Å². The molecule has 1 unspecified atom stereocenters. The topological polar surface area (TPSA) is 0 Å². The summed E-state index contributed by atoms with van der Waals surface area (Å²) in [6.07, 6.45) is 6.74. The van der Waals surface area contributed by atoms with Gasteiger partial charge in [-0.25, -0.2) is 4.39 Å². The van der Waals surface area contributed by atoms with E-state index in [1.807, 2.05) is 6.07 Å². The van der Waals surface area contributed by atoms with E-state index < -0.39 is 0 Å². The molecule has 2 aromatic carbocycles. The van der Waals surface area contributed by atoms with E-state index in [0.717, 1.165) is 11.5 Å². The van der Waals surface area contributed by atoms with Gasteiger partial charge < -0.3 is 0 Å². The minimum absolute atomic E-state index is 0.0496. The lowest BCUT2D eigenvalue weighted by atomic mass is 9.84. The molecule has 0 saturated heterocycles. The highest BCUT2D eigenvalue weighted by Crippen LogP contribution is 2.35. The second kappa shape index (κ2) is 6.74. The van der Waals surface area contributed by atoms with Crippen LogP contribution in [0.25, 0.3) is 0 Å². The van der Waals surface area contributed by atoms with Gasteiger partial charge in [0.25, 0.3) is 0 Å². The normalized spacial score (nSPS) is 17.6. The lowest BCUT2D eigenvalue weighted by Gasteiger charge is -2.22. The molecule has 3 rings (SSSR count). The Kier molecular flexibility index (Phi) is 4.74. The minimum atomic E-state index is -0.184. The van der Waals surface area contributed by atoms with Crippen LogP contribution >= 0.6 is 15.9 Å². The van der Waals surface area contributed by atoms with Gasteiger partial charge in [-0.05, 0) is 47.6 Å². The maximum atomic E-state index is 13.3. The summed E-state index contributed by atoms with van der Waals surface area (Å²) in [4.78, 5) is 0.0496. The molecule has 110 valence electrons. The second-order valence-electron chi connectivity index (χ2n) is 5.92. The number of halogens is 2. The van der Waals surface area contributed by atoms with E-state index >= 15 is 0 Å². The molecule has 0 amide bonds. The smallest absolute Gasteiger partial charge is 0.123 e. The molecule has 2 aromatic rings. The highest BCUT2D eigenvalue weighted by atomic mass is 79.9. The van der Waals surface area contributed by atoms with Crippen molar-refractivity contribution in [1.82, 2.24) is 0 Å². The average molecular weight is 347 g/mol. The molecular formula is C19H20BrF. The van der Waals surface area contributed by atoms with E-state index in [9.17, 15) is 4.39 Å². The van der Waals surface area contributed by atoms with Crippen molar-refractivity contribution in [2.24, 2.45) is 0 Å². The van der Waals surface area contributed by atoms with Crippen LogP contribution in [-0.4, -0.2) is 0 Å². The summed E-state index contributed by atoms with van der Waals surface area (Å²) >= 11 is 3.68. The molecule has 1 aliphatic rings. The van der Waals surface area contributed by atoms with Crippen molar-refractivity contribution in [2.45, 2.75) is 42.8 Å². The molecule has 2 heteroatoms. The quantitative estimate of drug-likeness (QED) is 0.567. The van der Waals surface area contributed by atoms with E-state index in [0.29, 0.717) is 0 Å². The Labute approximate surface area is 134 Å². The summed E-state index contributed by atoms with van der Waals surface area (Å²) in [5.74, 6) is 0.548. The summed E-state index contributed by atoms with van der Waals surface area (Å²) in [5.41, 5.74) is 3.60. The molecule has 0 radical (unpaired) electrons. The van der Waals surface area contributed by atoms with Crippen LogP contribution in [0.1, 0.15) is 59.5 Å². The van der Waals surface area contributed by atoms with Gasteiger partial charge in [0.2, 0.25) is 0 Å². The third-order valence-corrected chi connectivity index (χ3v) is 5.50. The van der Waals surface area contributed by atoms with E-state index in [4.69, 9.17) is 0 Å². The van der Waals surface area contributed by atoms with Crippen LogP contribution in [0.4, 0.5) is 4.39 Å². The fraction of sp³-hybridized carbons (Fsp3) is 0.368. The Morgan fingerprint density at radius 2 is 1.62 bits per heavy atom. The Balaban J connectivity index is 1.77. The first-order valence-electron chi connectivity index (χ1n) is 7.73. The maximum absolute atomic E-state index is 13.3. The van der Waals surface area contributed by atoms with Crippen LogP contribution in [0, 0.1) is 5.82 Å². The van der Waals surface area contributed by atoms with E-state index in [1.54, 1.807) is 12.1 Å². The summed E-state index contributed by atoms with van der Waals surface area (Å²) in [7, 11) is 0.